The van der Waals surface area contributed by atoms with Gasteiger partial charge in [-0.25, -0.2) is 0 Å². The van der Waals surface area contributed by atoms with Crippen molar-refractivity contribution in [3.8, 4) is 5.75 Å². The van der Waals surface area contributed by atoms with Gasteiger partial charge in [-0.15, -0.1) is 0 Å². The SMILES string of the molecule is CN1CCC(NC(=O)C(C)(C)COc2ccccc2C(F)(F)F)CC1. The van der Waals surface area contributed by atoms with Crippen LogP contribution in [-0.4, -0.2) is 43.6 Å². The number of para-hydroxylation sites is 1. The summed E-state index contributed by atoms with van der Waals surface area (Å²) < 4.78 is 44.4. The first kappa shape index (κ1) is 19.6. The molecule has 1 aliphatic rings. The van der Waals surface area contributed by atoms with E-state index < -0.39 is 17.2 Å². The quantitative estimate of drug-likeness (QED) is 0.878. The van der Waals surface area contributed by atoms with E-state index in [4.69, 9.17) is 4.74 Å². The van der Waals surface area contributed by atoms with E-state index in [0.717, 1.165) is 32.0 Å². The molecule has 25 heavy (non-hydrogen) atoms. The molecule has 1 aliphatic heterocycles. The molecule has 1 aromatic carbocycles. The lowest BCUT2D eigenvalue weighted by atomic mass is 9.92. The highest BCUT2D eigenvalue weighted by molar-refractivity contribution is 5.82. The summed E-state index contributed by atoms with van der Waals surface area (Å²) >= 11 is 0. The van der Waals surface area contributed by atoms with Crippen molar-refractivity contribution >= 4 is 5.91 Å². The molecule has 0 aromatic heterocycles. The number of alkyl halides is 3. The number of rotatable bonds is 5. The molecule has 1 aromatic rings. The van der Waals surface area contributed by atoms with Crippen molar-refractivity contribution in [3.05, 3.63) is 29.8 Å². The number of hydrogen-bond acceptors (Lipinski definition) is 3. The summed E-state index contributed by atoms with van der Waals surface area (Å²) in [4.78, 5) is 14.7. The lowest BCUT2D eigenvalue weighted by Gasteiger charge is -2.32. The summed E-state index contributed by atoms with van der Waals surface area (Å²) in [6, 6.07) is 5.14. The second kappa shape index (κ2) is 7.64. The van der Waals surface area contributed by atoms with Crippen LogP contribution in [-0.2, 0) is 11.0 Å². The molecule has 1 N–H and O–H groups in total. The predicted molar refractivity (Wildman–Crippen MR) is 89.4 cm³/mol. The number of amides is 1. The molecule has 7 heteroatoms. The van der Waals surface area contributed by atoms with Gasteiger partial charge in [0.05, 0.1) is 11.0 Å². The van der Waals surface area contributed by atoms with Crippen LogP contribution in [0.1, 0.15) is 32.3 Å². The van der Waals surface area contributed by atoms with E-state index in [1.54, 1.807) is 13.8 Å². The van der Waals surface area contributed by atoms with Crippen LogP contribution >= 0.6 is 0 Å². The number of benzene rings is 1. The molecular weight excluding hydrogens is 333 g/mol. The molecule has 2 rings (SSSR count). The maximum absolute atomic E-state index is 13.0. The normalized spacial score (nSPS) is 17.4. The molecule has 0 spiro atoms. The molecule has 1 fully saturated rings. The predicted octanol–water partition coefficient (Wildman–Crippen LogP) is 3.32. The Morgan fingerprint density at radius 2 is 1.84 bits per heavy atom. The van der Waals surface area contributed by atoms with E-state index in [2.05, 4.69) is 10.2 Å². The van der Waals surface area contributed by atoms with Gasteiger partial charge in [0.2, 0.25) is 5.91 Å². The molecule has 0 atom stereocenters. The van der Waals surface area contributed by atoms with Gasteiger partial charge in [-0.05, 0) is 59.0 Å². The van der Waals surface area contributed by atoms with E-state index in [9.17, 15) is 18.0 Å². The van der Waals surface area contributed by atoms with Crippen LogP contribution in [0, 0.1) is 5.41 Å². The van der Waals surface area contributed by atoms with Crippen molar-refractivity contribution in [2.24, 2.45) is 5.41 Å². The molecule has 1 saturated heterocycles. The first-order chi connectivity index (χ1) is 11.6. The molecular formula is C18H25F3N2O2. The molecule has 4 nitrogen and oxygen atoms in total. The summed E-state index contributed by atoms with van der Waals surface area (Å²) in [6.07, 6.45) is -2.75. The fourth-order valence-electron chi connectivity index (χ4n) is 2.68. The third-order valence-corrected chi connectivity index (χ3v) is 4.45. The Morgan fingerprint density at radius 3 is 2.44 bits per heavy atom. The first-order valence-electron chi connectivity index (χ1n) is 8.38. The largest absolute Gasteiger partial charge is 0.492 e. The highest BCUT2D eigenvalue weighted by atomic mass is 19.4. The van der Waals surface area contributed by atoms with Crippen LogP contribution < -0.4 is 10.1 Å². The molecule has 0 radical (unpaired) electrons. The van der Waals surface area contributed by atoms with Crippen LogP contribution in [0.4, 0.5) is 13.2 Å². The zero-order valence-electron chi connectivity index (χ0n) is 14.8. The van der Waals surface area contributed by atoms with Gasteiger partial charge in [-0.2, -0.15) is 13.2 Å². The van der Waals surface area contributed by atoms with Crippen LogP contribution in [0.25, 0.3) is 0 Å². The Morgan fingerprint density at radius 1 is 1.24 bits per heavy atom. The zero-order valence-corrected chi connectivity index (χ0v) is 14.8. The highest BCUT2D eigenvalue weighted by Gasteiger charge is 2.36. The lowest BCUT2D eigenvalue weighted by Crippen LogP contribution is -2.49. The number of carbonyl (C=O) groups is 1. The van der Waals surface area contributed by atoms with E-state index >= 15 is 0 Å². The monoisotopic (exact) mass is 358 g/mol. The first-order valence-corrected chi connectivity index (χ1v) is 8.38. The van der Waals surface area contributed by atoms with Gasteiger partial charge in [-0.3, -0.25) is 4.79 Å². The Hall–Kier alpha value is -1.76. The number of likely N-dealkylation sites (tertiary alicyclic amines) is 1. The number of nitrogens with one attached hydrogen (secondary N) is 1. The fraction of sp³-hybridized carbons (Fsp3) is 0.611. The van der Waals surface area contributed by atoms with Gasteiger partial charge in [-0.1, -0.05) is 12.1 Å². The molecule has 0 aliphatic carbocycles. The zero-order chi connectivity index (χ0) is 18.7. The van der Waals surface area contributed by atoms with E-state index in [-0.39, 0.29) is 24.3 Å². The van der Waals surface area contributed by atoms with Crippen molar-refractivity contribution in [3.63, 3.8) is 0 Å². The average molecular weight is 358 g/mol. The number of piperidine rings is 1. The average Bonchev–Trinajstić information content (AvgIpc) is 2.54. The van der Waals surface area contributed by atoms with Crippen molar-refractivity contribution < 1.29 is 22.7 Å². The minimum Gasteiger partial charge on any atom is -0.492 e. The number of carbonyl (C=O) groups excluding carboxylic acids is 1. The molecule has 1 amide bonds. The minimum absolute atomic E-state index is 0.102. The minimum atomic E-state index is -4.49. The molecule has 1 heterocycles. The third-order valence-electron chi connectivity index (χ3n) is 4.45. The van der Waals surface area contributed by atoms with Gasteiger partial charge in [0.1, 0.15) is 12.4 Å². The lowest BCUT2D eigenvalue weighted by molar-refractivity contribution is -0.139. The topological polar surface area (TPSA) is 41.6 Å². The van der Waals surface area contributed by atoms with Crippen molar-refractivity contribution in [2.75, 3.05) is 26.7 Å². The number of hydrogen-bond donors (Lipinski definition) is 1. The Labute approximate surface area is 146 Å². The van der Waals surface area contributed by atoms with Crippen molar-refractivity contribution in [1.82, 2.24) is 10.2 Å². The van der Waals surface area contributed by atoms with E-state index in [1.165, 1.54) is 18.2 Å². The third kappa shape index (κ3) is 5.36. The summed E-state index contributed by atoms with van der Waals surface area (Å²) in [5.41, 5.74) is -1.76. The molecule has 0 bridgehead atoms. The summed E-state index contributed by atoms with van der Waals surface area (Å²) in [5.74, 6) is -0.457. The van der Waals surface area contributed by atoms with Gasteiger partial charge in [0.15, 0.2) is 0 Å². The van der Waals surface area contributed by atoms with E-state index in [0.29, 0.717) is 0 Å². The maximum Gasteiger partial charge on any atom is 0.419 e. The summed E-state index contributed by atoms with van der Waals surface area (Å²) in [5, 5.41) is 2.99. The standard InChI is InChI=1S/C18H25F3N2O2/c1-17(2,16(24)22-13-8-10-23(3)11-9-13)12-25-15-7-5-4-6-14(15)18(19,20)21/h4-7,13H,8-12H2,1-3H3,(H,22,24). The highest BCUT2D eigenvalue weighted by Crippen LogP contribution is 2.36. The number of ether oxygens (including phenoxy) is 1. The fourth-order valence-corrected chi connectivity index (χ4v) is 2.68. The van der Waals surface area contributed by atoms with Gasteiger partial charge in [0, 0.05) is 6.04 Å². The smallest absolute Gasteiger partial charge is 0.419 e. The van der Waals surface area contributed by atoms with Crippen molar-refractivity contribution in [1.29, 1.82) is 0 Å². The second-order valence-corrected chi connectivity index (χ2v) is 7.22. The van der Waals surface area contributed by atoms with Gasteiger partial charge in [0.25, 0.3) is 0 Å². The van der Waals surface area contributed by atoms with Crippen LogP contribution in [0.5, 0.6) is 5.75 Å². The van der Waals surface area contributed by atoms with Crippen LogP contribution in [0.3, 0.4) is 0 Å². The van der Waals surface area contributed by atoms with Gasteiger partial charge >= 0.3 is 6.18 Å². The van der Waals surface area contributed by atoms with Crippen molar-refractivity contribution in [2.45, 2.75) is 38.9 Å². The molecule has 0 unspecified atom stereocenters. The van der Waals surface area contributed by atoms with Crippen LogP contribution in [0.15, 0.2) is 24.3 Å². The van der Waals surface area contributed by atoms with E-state index in [1.807, 2.05) is 7.05 Å². The molecule has 0 saturated carbocycles. The Balaban J connectivity index is 1.96. The summed E-state index contributed by atoms with van der Waals surface area (Å²) in [7, 11) is 2.04. The second-order valence-electron chi connectivity index (χ2n) is 7.22. The number of halogens is 3. The van der Waals surface area contributed by atoms with Crippen LogP contribution in [0.2, 0.25) is 0 Å². The molecule has 140 valence electrons. The summed E-state index contributed by atoms with van der Waals surface area (Å²) in [6.45, 7) is 5.06. The number of nitrogens with zero attached hydrogens (tertiary/aromatic N) is 1. The maximum atomic E-state index is 13.0. The Bertz CT molecular complexity index is 594. The van der Waals surface area contributed by atoms with Gasteiger partial charge < -0.3 is 15.0 Å². The Kier molecular flexibility index (Phi) is 5.98.